The Morgan fingerprint density at radius 3 is 2.57 bits per heavy atom. The highest BCUT2D eigenvalue weighted by Crippen LogP contribution is 2.12. The van der Waals surface area contributed by atoms with E-state index in [9.17, 15) is 8.78 Å². The van der Waals surface area contributed by atoms with Crippen molar-refractivity contribution < 1.29 is 8.78 Å². The first-order chi connectivity index (χ1) is 10.2. The molecule has 0 fully saturated rings. The zero-order chi connectivity index (χ0) is 14.7. The van der Waals surface area contributed by atoms with Crippen molar-refractivity contribution in [2.24, 2.45) is 0 Å². The molecule has 0 saturated carbocycles. The van der Waals surface area contributed by atoms with Gasteiger partial charge in [-0.05, 0) is 30.2 Å². The van der Waals surface area contributed by atoms with E-state index in [-0.39, 0.29) is 0 Å². The monoisotopic (exact) mass is 285 g/mol. The Morgan fingerprint density at radius 2 is 1.76 bits per heavy atom. The molecule has 21 heavy (non-hydrogen) atoms. The number of benzene rings is 2. The largest absolute Gasteiger partial charge is 0.354 e. The fourth-order valence-corrected chi connectivity index (χ4v) is 2.13. The van der Waals surface area contributed by atoms with Crippen LogP contribution in [-0.2, 0) is 6.42 Å². The van der Waals surface area contributed by atoms with Gasteiger partial charge in [0.2, 0.25) is 5.95 Å². The van der Waals surface area contributed by atoms with Gasteiger partial charge in [-0.2, -0.15) is 0 Å². The van der Waals surface area contributed by atoms with Crippen LogP contribution in [0.15, 0.2) is 48.7 Å². The van der Waals surface area contributed by atoms with Crippen LogP contribution in [0.4, 0.5) is 14.7 Å². The molecule has 2 aromatic carbocycles. The Kier molecular flexibility index (Phi) is 3.73. The molecule has 0 radical (unpaired) electrons. The zero-order valence-electron chi connectivity index (χ0n) is 11.2. The summed E-state index contributed by atoms with van der Waals surface area (Å²) in [4.78, 5) is 8.57. The fraction of sp³-hybridized carbons (Fsp3) is 0.125. The molecule has 0 atom stereocenters. The van der Waals surface area contributed by atoms with Crippen LogP contribution in [0.5, 0.6) is 0 Å². The van der Waals surface area contributed by atoms with Crippen molar-refractivity contribution in [3.63, 3.8) is 0 Å². The van der Waals surface area contributed by atoms with E-state index in [2.05, 4.69) is 15.3 Å². The van der Waals surface area contributed by atoms with Crippen LogP contribution in [0, 0.1) is 11.6 Å². The molecule has 0 aliphatic carbocycles. The van der Waals surface area contributed by atoms with Gasteiger partial charge < -0.3 is 5.32 Å². The normalized spacial score (nSPS) is 10.8. The maximum atomic E-state index is 13.1. The van der Waals surface area contributed by atoms with Crippen molar-refractivity contribution in [3.8, 4) is 0 Å². The minimum absolute atomic E-state index is 0.491. The van der Waals surface area contributed by atoms with E-state index in [0.29, 0.717) is 24.5 Å². The van der Waals surface area contributed by atoms with Gasteiger partial charge in [0.15, 0.2) is 0 Å². The van der Waals surface area contributed by atoms with E-state index in [0.717, 1.165) is 17.0 Å². The second-order valence-corrected chi connectivity index (χ2v) is 4.71. The minimum Gasteiger partial charge on any atom is -0.354 e. The van der Waals surface area contributed by atoms with Gasteiger partial charge in [0, 0.05) is 24.2 Å². The molecule has 106 valence electrons. The third-order valence-corrected chi connectivity index (χ3v) is 3.11. The second-order valence-electron chi connectivity index (χ2n) is 4.71. The second kappa shape index (κ2) is 5.83. The average molecular weight is 285 g/mol. The Hall–Kier alpha value is -2.56. The summed E-state index contributed by atoms with van der Waals surface area (Å²) in [6, 6.07) is 11.2. The van der Waals surface area contributed by atoms with Gasteiger partial charge in [-0.15, -0.1) is 0 Å². The van der Waals surface area contributed by atoms with Crippen LogP contribution < -0.4 is 5.32 Å². The molecule has 1 N–H and O–H groups in total. The number of rotatable bonds is 4. The van der Waals surface area contributed by atoms with Crippen LogP contribution in [0.25, 0.3) is 10.9 Å². The molecule has 3 nitrogen and oxygen atoms in total. The number of nitrogens with zero attached hydrogens (tertiary/aromatic N) is 2. The number of para-hydroxylation sites is 1. The first kappa shape index (κ1) is 13.4. The summed E-state index contributed by atoms with van der Waals surface area (Å²) in [6.45, 7) is 0.501. The SMILES string of the molecule is Fc1cc(F)cc(CCNc2ncc3ccccc3n2)c1. The van der Waals surface area contributed by atoms with E-state index < -0.39 is 11.6 Å². The van der Waals surface area contributed by atoms with E-state index in [1.807, 2.05) is 24.3 Å². The highest BCUT2D eigenvalue weighted by molar-refractivity contribution is 5.78. The van der Waals surface area contributed by atoms with E-state index >= 15 is 0 Å². The highest BCUT2D eigenvalue weighted by atomic mass is 19.1. The Labute approximate surface area is 120 Å². The van der Waals surface area contributed by atoms with E-state index in [1.165, 1.54) is 12.1 Å². The van der Waals surface area contributed by atoms with Crippen molar-refractivity contribution in [2.45, 2.75) is 6.42 Å². The predicted molar refractivity (Wildman–Crippen MR) is 78.1 cm³/mol. The number of hydrogen-bond donors (Lipinski definition) is 1. The summed E-state index contributed by atoms with van der Waals surface area (Å²) in [5.74, 6) is -0.621. The topological polar surface area (TPSA) is 37.8 Å². The lowest BCUT2D eigenvalue weighted by Crippen LogP contribution is -2.08. The number of anilines is 1. The summed E-state index contributed by atoms with van der Waals surface area (Å²) < 4.78 is 26.1. The van der Waals surface area contributed by atoms with E-state index in [1.54, 1.807) is 6.20 Å². The molecule has 3 rings (SSSR count). The van der Waals surface area contributed by atoms with Crippen LogP contribution in [0.2, 0.25) is 0 Å². The van der Waals surface area contributed by atoms with Gasteiger partial charge in [-0.25, -0.2) is 18.7 Å². The molecule has 0 aliphatic rings. The summed E-state index contributed by atoms with van der Waals surface area (Å²) in [7, 11) is 0. The van der Waals surface area contributed by atoms with Gasteiger partial charge in [0.1, 0.15) is 11.6 Å². The standard InChI is InChI=1S/C16H13F2N3/c17-13-7-11(8-14(18)9-13)5-6-19-16-20-10-12-3-1-2-4-15(12)21-16/h1-4,7-10H,5-6H2,(H,19,20,21). The predicted octanol–water partition coefficient (Wildman–Crippen LogP) is 3.56. The molecule has 0 bridgehead atoms. The number of aromatic nitrogens is 2. The molecule has 0 saturated heterocycles. The van der Waals surface area contributed by atoms with Crippen molar-refractivity contribution >= 4 is 16.9 Å². The third-order valence-electron chi connectivity index (χ3n) is 3.11. The van der Waals surface area contributed by atoms with Crippen LogP contribution in [-0.4, -0.2) is 16.5 Å². The maximum absolute atomic E-state index is 13.1. The molecule has 3 aromatic rings. The van der Waals surface area contributed by atoms with Crippen LogP contribution in [0.3, 0.4) is 0 Å². The van der Waals surface area contributed by atoms with Gasteiger partial charge >= 0.3 is 0 Å². The lowest BCUT2D eigenvalue weighted by molar-refractivity contribution is 0.580. The molecule has 0 unspecified atom stereocenters. The fourth-order valence-electron chi connectivity index (χ4n) is 2.13. The summed E-state index contributed by atoms with van der Waals surface area (Å²) in [5, 5.41) is 4.02. The molecular weight excluding hydrogens is 272 g/mol. The number of halogens is 2. The Bertz CT molecular complexity index is 754. The molecule has 0 spiro atoms. The molecule has 0 aliphatic heterocycles. The van der Waals surface area contributed by atoms with Gasteiger partial charge in [0.05, 0.1) is 5.52 Å². The maximum Gasteiger partial charge on any atom is 0.223 e. The number of hydrogen-bond acceptors (Lipinski definition) is 3. The molecule has 0 amide bonds. The molecule has 5 heteroatoms. The Balaban J connectivity index is 1.66. The van der Waals surface area contributed by atoms with Crippen molar-refractivity contribution in [1.82, 2.24) is 9.97 Å². The molecule has 1 aromatic heterocycles. The van der Waals surface area contributed by atoms with Crippen molar-refractivity contribution in [2.75, 3.05) is 11.9 Å². The molecular formula is C16H13F2N3. The molecule has 1 heterocycles. The van der Waals surface area contributed by atoms with Crippen LogP contribution >= 0.6 is 0 Å². The van der Waals surface area contributed by atoms with Crippen LogP contribution in [0.1, 0.15) is 5.56 Å². The lowest BCUT2D eigenvalue weighted by Gasteiger charge is -2.06. The number of nitrogens with one attached hydrogen (secondary N) is 1. The average Bonchev–Trinajstić information content (AvgIpc) is 2.46. The zero-order valence-corrected chi connectivity index (χ0v) is 11.2. The first-order valence-corrected chi connectivity index (χ1v) is 6.61. The lowest BCUT2D eigenvalue weighted by atomic mass is 10.1. The van der Waals surface area contributed by atoms with Gasteiger partial charge in [0.25, 0.3) is 0 Å². The van der Waals surface area contributed by atoms with Crippen molar-refractivity contribution in [3.05, 3.63) is 65.9 Å². The van der Waals surface area contributed by atoms with Gasteiger partial charge in [-0.1, -0.05) is 18.2 Å². The first-order valence-electron chi connectivity index (χ1n) is 6.61. The third kappa shape index (κ3) is 3.31. The minimum atomic E-state index is -0.563. The summed E-state index contributed by atoms with van der Waals surface area (Å²) in [6.07, 6.45) is 2.23. The smallest absolute Gasteiger partial charge is 0.223 e. The van der Waals surface area contributed by atoms with Crippen molar-refractivity contribution in [1.29, 1.82) is 0 Å². The highest BCUT2D eigenvalue weighted by Gasteiger charge is 2.02. The summed E-state index contributed by atoms with van der Waals surface area (Å²) >= 11 is 0. The number of fused-ring (bicyclic) bond motifs is 1. The quantitative estimate of drug-likeness (QED) is 0.796. The van der Waals surface area contributed by atoms with Gasteiger partial charge in [-0.3, -0.25) is 0 Å². The van der Waals surface area contributed by atoms with E-state index in [4.69, 9.17) is 0 Å². The Morgan fingerprint density at radius 1 is 1.00 bits per heavy atom. The summed E-state index contributed by atoms with van der Waals surface area (Å²) in [5.41, 5.74) is 1.45.